The van der Waals surface area contributed by atoms with E-state index in [1.54, 1.807) is 0 Å². The smallest absolute Gasteiger partial charge is 0.235 e. The van der Waals surface area contributed by atoms with Crippen molar-refractivity contribution >= 4 is 17.7 Å². The standard InChI is InChI=1S/C9H19N3OS/c1-2-7-5-12(3-4-14-7)6-8(10)9(11)13/h7-8H,2-6,10H2,1H3,(H2,11,13). The molecule has 14 heavy (non-hydrogen) atoms. The molecule has 2 atom stereocenters. The molecule has 4 N–H and O–H groups in total. The van der Waals surface area contributed by atoms with Crippen LogP contribution in [0, 0.1) is 0 Å². The van der Waals surface area contributed by atoms with E-state index in [0.29, 0.717) is 11.8 Å². The molecule has 0 aliphatic carbocycles. The summed E-state index contributed by atoms with van der Waals surface area (Å²) in [5, 5.41) is 0.684. The van der Waals surface area contributed by atoms with E-state index in [1.165, 1.54) is 6.42 Å². The second-order valence-corrected chi connectivity index (χ2v) is 5.08. The number of hydrogen-bond acceptors (Lipinski definition) is 4. The van der Waals surface area contributed by atoms with Gasteiger partial charge >= 0.3 is 0 Å². The van der Waals surface area contributed by atoms with Crippen molar-refractivity contribution in [3.63, 3.8) is 0 Å². The zero-order valence-electron chi connectivity index (χ0n) is 8.61. The Morgan fingerprint density at radius 2 is 2.43 bits per heavy atom. The number of carbonyl (C=O) groups excluding carboxylic acids is 1. The maximum Gasteiger partial charge on any atom is 0.235 e. The fourth-order valence-electron chi connectivity index (χ4n) is 1.56. The van der Waals surface area contributed by atoms with Gasteiger partial charge in [-0.1, -0.05) is 6.92 Å². The van der Waals surface area contributed by atoms with Gasteiger partial charge in [0, 0.05) is 30.6 Å². The molecule has 0 bridgehead atoms. The summed E-state index contributed by atoms with van der Waals surface area (Å²) in [4.78, 5) is 13.0. The summed E-state index contributed by atoms with van der Waals surface area (Å²) >= 11 is 2.00. The van der Waals surface area contributed by atoms with Crippen molar-refractivity contribution in [1.29, 1.82) is 0 Å². The van der Waals surface area contributed by atoms with Crippen LogP contribution in [0.25, 0.3) is 0 Å². The van der Waals surface area contributed by atoms with Gasteiger partial charge in [0.1, 0.15) is 0 Å². The molecule has 1 amide bonds. The monoisotopic (exact) mass is 217 g/mol. The number of amides is 1. The molecular weight excluding hydrogens is 198 g/mol. The van der Waals surface area contributed by atoms with Gasteiger partial charge in [0.05, 0.1) is 6.04 Å². The van der Waals surface area contributed by atoms with E-state index in [0.717, 1.165) is 18.8 Å². The highest BCUT2D eigenvalue weighted by atomic mass is 32.2. The number of rotatable bonds is 4. The lowest BCUT2D eigenvalue weighted by atomic mass is 10.2. The summed E-state index contributed by atoms with van der Waals surface area (Å²) < 4.78 is 0. The van der Waals surface area contributed by atoms with Gasteiger partial charge in [0.25, 0.3) is 0 Å². The van der Waals surface area contributed by atoms with Crippen LogP contribution in [-0.2, 0) is 4.79 Å². The first-order valence-electron chi connectivity index (χ1n) is 5.02. The van der Waals surface area contributed by atoms with Gasteiger partial charge in [-0.05, 0) is 6.42 Å². The van der Waals surface area contributed by atoms with Crippen LogP contribution in [-0.4, -0.2) is 47.5 Å². The summed E-state index contributed by atoms with van der Waals surface area (Å²) in [6, 6.07) is -0.518. The molecule has 1 aliphatic rings. The number of primary amides is 1. The SMILES string of the molecule is CCC1CN(CC(N)C(N)=O)CCS1. The van der Waals surface area contributed by atoms with Crippen molar-refractivity contribution in [2.45, 2.75) is 24.6 Å². The second kappa shape index (κ2) is 5.58. The van der Waals surface area contributed by atoms with Crippen molar-refractivity contribution < 1.29 is 4.79 Å². The third-order valence-electron chi connectivity index (χ3n) is 2.50. The Bertz CT molecular complexity index is 200. The summed E-state index contributed by atoms with van der Waals surface area (Å²) in [6.45, 7) is 4.84. The summed E-state index contributed by atoms with van der Waals surface area (Å²) in [6.07, 6.45) is 1.17. The highest BCUT2D eigenvalue weighted by Gasteiger charge is 2.21. The lowest BCUT2D eigenvalue weighted by Gasteiger charge is -2.32. The molecule has 0 aromatic heterocycles. The van der Waals surface area contributed by atoms with Gasteiger partial charge in [0.15, 0.2) is 0 Å². The molecule has 1 aliphatic heterocycles. The van der Waals surface area contributed by atoms with E-state index in [-0.39, 0.29) is 0 Å². The quantitative estimate of drug-likeness (QED) is 0.674. The zero-order valence-corrected chi connectivity index (χ0v) is 9.43. The van der Waals surface area contributed by atoms with Crippen molar-refractivity contribution in [2.24, 2.45) is 11.5 Å². The van der Waals surface area contributed by atoms with E-state index in [2.05, 4.69) is 11.8 Å². The fraction of sp³-hybridized carbons (Fsp3) is 0.889. The van der Waals surface area contributed by atoms with Crippen molar-refractivity contribution in [3.8, 4) is 0 Å². The van der Waals surface area contributed by atoms with Crippen molar-refractivity contribution in [2.75, 3.05) is 25.4 Å². The number of carbonyl (C=O) groups is 1. The number of nitrogens with two attached hydrogens (primary N) is 2. The summed E-state index contributed by atoms with van der Waals surface area (Å²) in [5.41, 5.74) is 10.7. The van der Waals surface area contributed by atoms with E-state index in [4.69, 9.17) is 11.5 Å². The second-order valence-electron chi connectivity index (χ2n) is 3.67. The Labute approximate surface area is 89.4 Å². The van der Waals surface area contributed by atoms with Crippen molar-refractivity contribution in [1.82, 2.24) is 4.90 Å². The maximum atomic E-state index is 10.8. The van der Waals surface area contributed by atoms with Gasteiger partial charge in [-0.3, -0.25) is 9.69 Å². The third-order valence-corrected chi connectivity index (χ3v) is 3.87. The lowest BCUT2D eigenvalue weighted by Crippen LogP contribution is -2.49. The predicted octanol–water partition coefficient (Wildman–Crippen LogP) is -0.374. The Kier molecular flexibility index (Phi) is 4.71. The summed E-state index contributed by atoms with van der Waals surface area (Å²) in [5.74, 6) is 0.723. The Balaban J connectivity index is 2.33. The van der Waals surface area contributed by atoms with Gasteiger partial charge in [-0.2, -0.15) is 11.8 Å². The predicted molar refractivity (Wildman–Crippen MR) is 60.1 cm³/mol. The van der Waals surface area contributed by atoms with Gasteiger partial charge in [0.2, 0.25) is 5.91 Å². The first kappa shape index (κ1) is 11.8. The minimum Gasteiger partial charge on any atom is -0.368 e. The molecule has 1 rings (SSSR count). The van der Waals surface area contributed by atoms with Crippen LogP contribution in [0.3, 0.4) is 0 Å². The first-order valence-corrected chi connectivity index (χ1v) is 6.07. The van der Waals surface area contributed by atoms with E-state index in [1.807, 2.05) is 11.8 Å². The molecule has 0 aromatic rings. The highest BCUT2D eigenvalue weighted by molar-refractivity contribution is 8.00. The lowest BCUT2D eigenvalue weighted by molar-refractivity contribution is -0.119. The Hall–Kier alpha value is -0.260. The molecule has 0 saturated carbocycles. The molecule has 82 valence electrons. The summed E-state index contributed by atoms with van der Waals surface area (Å²) in [7, 11) is 0. The zero-order chi connectivity index (χ0) is 10.6. The van der Waals surface area contributed by atoms with Crippen molar-refractivity contribution in [3.05, 3.63) is 0 Å². The third kappa shape index (κ3) is 3.48. The van der Waals surface area contributed by atoms with E-state index >= 15 is 0 Å². The Morgan fingerprint density at radius 3 is 3.00 bits per heavy atom. The molecule has 4 nitrogen and oxygen atoms in total. The number of thioether (sulfide) groups is 1. The van der Waals surface area contributed by atoms with Crippen LogP contribution in [0.2, 0.25) is 0 Å². The average molecular weight is 217 g/mol. The minimum atomic E-state index is -0.518. The normalized spacial score (nSPS) is 26.0. The maximum absolute atomic E-state index is 10.8. The van der Waals surface area contributed by atoms with E-state index in [9.17, 15) is 4.79 Å². The molecule has 1 fully saturated rings. The van der Waals surface area contributed by atoms with Gasteiger partial charge < -0.3 is 11.5 Å². The van der Waals surface area contributed by atoms with Gasteiger partial charge in [-0.25, -0.2) is 0 Å². The van der Waals surface area contributed by atoms with Gasteiger partial charge in [-0.15, -0.1) is 0 Å². The van der Waals surface area contributed by atoms with Crippen LogP contribution >= 0.6 is 11.8 Å². The fourth-order valence-corrected chi connectivity index (χ4v) is 2.81. The molecule has 0 radical (unpaired) electrons. The minimum absolute atomic E-state index is 0.406. The number of nitrogens with zero attached hydrogens (tertiary/aromatic N) is 1. The van der Waals surface area contributed by atoms with E-state index < -0.39 is 11.9 Å². The van der Waals surface area contributed by atoms with Crippen LogP contribution in [0.15, 0.2) is 0 Å². The molecular formula is C9H19N3OS. The molecule has 0 aromatic carbocycles. The Morgan fingerprint density at radius 1 is 1.71 bits per heavy atom. The first-order chi connectivity index (χ1) is 6.63. The van der Waals surface area contributed by atoms with Crippen LogP contribution in [0.5, 0.6) is 0 Å². The number of hydrogen-bond donors (Lipinski definition) is 2. The van der Waals surface area contributed by atoms with Crippen LogP contribution < -0.4 is 11.5 Å². The topological polar surface area (TPSA) is 72.3 Å². The largest absolute Gasteiger partial charge is 0.368 e. The molecule has 5 heteroatoms. The van der Waals surface area contributed by atoms with Crippen LogP contribution in [0.1, 0.15) is 13.3 Å². The van der Waals surface area contributed by atoms with Crippen LogP contribution in [0.4, 0.5) is 0 Å². The molecule has 1 saturated heterocycles. The molecule has 2 unspecified atom stereocenters. The average Bonchev–Trinajstić information content (AvgIpc) is 2.18. The highest BCUT2D eigenvalue weighted by Crippen LogP contribution is 2.20. The molecule has 1 heterocycles. The molecule has 0 spiro atoms.